The fourth-order valence-corrected chi connectivity index (χ4v) is 1.40. The number of thiocarbonyl (C=S) groups is 1. The monoisotopic (exact) mass is 220 g/mol. The average molecular weight is 220 g/mol. The molecule has 76 valence electrons. The van der Waals surface area contributed by atoms with Gasteiger partial charge in [0.05, 0.1) is 16.9 Å². The minimum atomic E-state index is -0.228. The van der Waals surface area contributed by atoms with Crippen molar-refractivity contribution in [1.29, 1.82) is 0 Å². The lowest BCUT2D eigenvalue weighted by molar-refractivity contribution is 0.628. The zero-order valence-corrected chi connectivity index (χ0v) is 8.57. The lowest BCUT2D eigenvalue weighted by atomic mass is 10.2. The minimum absolute atomic E-state index is 0.117. The van der Waals surface area contributed by atoms with E-state index in [-0.39, 0.29) is 17.1 Å². The number of fused-ring (bicyclic) bond motifs is 1. The van der Waals surface area contributed by atoms with Gasteiger partial charge in [0.2, 0.25) is 0 Å². The molecular weight excluding hydrogens is 212 g/mol. The van der Waals surface area contributed by atoms with Gasteiger partial charge in [-0.2, -0.15) is 0 Å². The van der Waals surface area contributed by atoms with E-state index in [1.807, 2.05) is 0 Å². The van der Waals surface area contributed by atoms with Gasteiger partial charge in [-0.3, -0.25) is 4.79 Å². The van der Waals surface area contributed by atoms with Crippen LogP contribution in [-0.2, 0) is 6.54 Å². The van der Waals surface area contributed by atoms with Gasteiger partial charge >= 0.3 is 0 Å². The van der Waals surface area contributed by atoms with E-state index in [1.54, 1.807) is 24.3 Å². The van der Waals surface area contributed by atoms with Gasteiger partial charge in [-0.05, 0) is 12.1 Å². The maximum Gasteiger partial charge on any atom is 0.277 e. The predicted molar refractivity (Wildman–Crippen MR) is 60.6 cm³/mol. The molecule has 0 radical (unpaired) electrons. The lowest BCUT2D eigenvalue weighted by Gasteiger charge is -2.02. The van der Waals surface area contributed by atoms with E-state index in [4.69, 9.17) is 18.0 Å². The van der Waals surface area contributed by atoms with Crippen molar-refractivity contribution >= 4 is 28.1 Å². The molecule has 0 unspecified atom stereocenters. The van der Waals surface area contributed by atoms with Gasteiger partial charge in [0.25, 0.3) is 5.56 Å². The van der Waals surface area contributed by atoms with Crippen LogP contribution in [-0.4, -0.2) is 20.0 Å². The fraction of sp³-hybridized carbons (Fsp3) is 0.111. The summed E-state index contributed by atoms with van der Waals surface area (Å²) in [6.45, 7) is 0.117. The molecule has 0 fully saturated rings. The van der Waals surface area contributed by atoms with Crippen molar-refractivity contribution in [3.05, 3.63) is 34.6 Å². The number of benzene rings is 1. The fourth-order valence-electron chi connectivity index (χ4n) is 1.27. The zero-order valence-electron chi connectivity index (χ0n) is 7.75. The molecule has 1 aromatic heterocycles. The van der Waals surface area contributed by atoms with Crippen LogP contribution in [0.25, 0.3) is 10.9 Å². The second-order valence-electron chi connectivity index (χ2n) is 3.04. The van der Waals surface area contributed by atoms with Crippen molar-refractivity contribution in [2.75, 3.05) is 0 Å². The first kappa shape index (κ1) is 9.72. The number of rotatable bonds is 2. The Labute approximate surface area is 90.5 Å². The summed E-state index contributed by atoms with van der Waals surface area (Å²) in [5.41, 5.74) is 5.68. The van der Waals surface area contributed by atoms with Gasteiger partial charge in [0.1, 0.15) is 5.52 Å². The van der Waals surface area contributed by atoms with E-state index in [0.29, 0.717) is 10.9 Å². The van der Waals surface area contributed by atoms with E-state index < -0.39 is 0 Å². The first-order valence-electron chi connectivity index (χ1n) is 4.29. The zero-order chi connectivity index (χ0) is 10.8. The van der Waals surface area contributed by atoms with Crippen LogP contribution in [0.3, 0.4) is 0 Å². The summed E-state index contributed by atoms with van der Waals surface area (Å²) >= 11 is 4.71. The van der Waals surface area contributed by atoms with E-state index in [0.717, 1.165) is 4.68 Å². The van der Waals surface area contributed by atoms with Gasteiger partial charge < -0.3 is 5.73 Å². The molecule has 0 saturated heterocycles. The molecule has 15 heavy (non-hydrogen) atoms. The van der Waals surface area contributed by atoms with Crippen LogP contribution in [0.15, 0.2) is 29.1 Å². The topological polar surface area (TPSA) is 73.8 Å². The molecule has 5 nitrogen and oxygen atoms in total. The Kier molecular flexibility index (Phi) is 2.42. The molecule has 6 heteroatoms. The van der Waals surface area contributed by atoms with Crippen LogP contribution in [0.2, 0.25) is 0 Å². The van der Waals surface area contributed by atoms with E-state index in [2.05, 4.69) is 10.3 Å². The Morgan fingerprint density at radius 2 is 2.20 bits per heavy atom. The highest BCUT2D eigenvalue weighted by atomic mass is 32.1. The van der Waals surface area contributed by atoms with Gasteiger partial charge in [0, 0.05) is 0 Å². The van der Waals surface area contributed by atoms with E-state index in [9.17, 15) is 4.79 Å². The van der Waals surface area contributed by atoms with Crippen molar-refractivity contribution in [3.8, 4) is 0 Å². The van der Waals surface area contributed by atoms with Crippen molar-refractivity contribution in [2.24, 2.45) is 5.73 Å². The summed E-state index contributed by atoms with van der Waals surface area (Å²) in [6, 6.07) is 7.00. The molecule has 1 aromatic carbocycles. The summed E-state index contributed by atoms with van der Waals surface area (Å²) < 4.78 is 1.16. The van der Waals surface area contributed by atoms with Crippen molar-refractivity contribution in [3.63, 3.8) is 0 Å². The Morgan fingerprint density at radius 3 is 2.93 bits per heavy atom. The first-order valence-corrected chi connectivity index (χ1v) is 4.70. The molecule has 0 spiro atoms. The molecule has 0 aliphatic heterocycles. The Morgan fingerprint density at radius 1 is 1.47 bits per heavy atom. The largest absolute Gasteiger partial charge is 0.392 e. The third-order valence-corrected chi connectivity index (χ3v) is 2.06. The van der Waals surface area contributed by atoms with Gasteiger partial charge in [0.15, 0.2) is 0 Å². The van der Waals surface area contributed by atoms with Gasteiger partial charge in [-0.15, -0.1) is 5.10 Å². The highest BCUT2D eigenvalue weighted by Crippen LogP contribution is 2.02. The molecule has 0 bridgehead atoms. The van der Waals surface area contributed by atoms with Crippen molar-refractivity contribution < 1.29 is 0 Å². The molecule has 1 heterocycles. The third kappa shape index (κ3) is 1.84. The molecule has 2 rings (SSSR count). The molecule has 0 aliphatic carbocycles. The minimum Gasteiger partial charge on any atom is -0.392 e. The van der Waals surface area contributed by atoms with E-state index in [1.165, 1.54) is 0 Å². The molecule has 2 aromatic rings. The standard InChI is InChI=1S/C9H8N4OS/c10-8(15)5-13-9(14)6-3-1-2-4-7(6)11-12-13/h1-4H,5H2,(H2,10,15). The van der Waals surface area contributed by atoms with Crippen LogP contribution in [0.4, 0.5) is 0 Å². The Bertz CT molecular complexity index is 578. The second-order valence-corrected chi connectivity index (χ2v) is 3.56. The maximum atomic E-state index is 11.8. The Hall–Kier alpha value is -1.82. The van der Waals surface area contributed by atoms with Crippen LogP contribution in [0.5, 0.6) is 0 Å². The van der Waals surface area contributed by atoms with E-state index >= 15 is 0 Å². The first-order chi connectivity index (χ1) is 7.18. The summed E-state index contributed by atoms with van der Waals surface area (Å²) in [5.74, 6) is 0. The smallest absolute Gasteiger partial charge is 0.277 e. The molecule has 2 N–H and O–H groups in total. The second kappa shape index (κ2) is 3.74. The predicted octanol–water partition coefficient (Wildman–Crippen LogP) is 0.0776. The number of nitrogens with zero attached hydrogens (tertiary/aromatic N) is 3. The summed E-state index contributed by atoms with van der Waals surface area (Å²) in [4.78, 5) is 12.0. The number of hydrogen-bond donors (Lipinski definition) is 1. The van der Waals surface area contributed by atoms with Crippen LogP contribution in [0.1, 0.15) is 0 Å². The normalized spacial score (nSPS) is 10.4. The SMILES string of the molecule is NC(=S)Cn1nnc2ccccc2c1=O. The highest BCUT2D eigenvalue weighted by Gasteiger charge is 2.04. The molecule has 0 atom stereocenters. The Balaban J connectivity index is 2.65. The third-order valence-electron chi connectivity index (χ3n) is 1.93. The summed E-state index contributed by atoms with van der Waals surface area (Å²) in [6.07, 6.45) is 0. The van der Waals surface area contributed by atoms with Crippen LogP contribution in [0, 0.1) is 0 Å². The highest BCUT2D eigenvalue weighted by molar-refractivity contribution is 7.80. The quantitative estimate of drug-likeness (QED) is 0.725. The molecule has 0 amide bonds. The van der Waals surface area contributed by atoms with Gasteiger partial charge in [-0.1, -0.05) is 29.6 Å². The molecular formula is C9H8N4OS. The van der Waals surface area contributed by atoms with Gasteiger partial charge in [-0.25, -0.2) is 4.68 Å². The number of aromatic nitrogens is 3. The summed E-state index contributed by atoms with van der Waals surface area (Å²) in [5, 5.41) is 8.14. The maximum absolute atomic E-state index is 11.8. The van der Waals surface area contributed by atoms with Crippen molar-refractivity contribution in [1.82, 2.24) is 15.0 Å². The number of nitrogens with two attached hydrogens (primary N) is 1. The lowest BCUT2D eigenvalue weighted by Crippen LogP contribution is -2.29. The van der Waals surface area contributed by atoms with Crippen molar-refractivity contribution in [2.45, 2.75) is 6.54 Å². The van der Waals surface area contributed by atoms with Crippen LogP contribution < -0.4 is 11.3 Å². The molecule has 0 aliphatic rings. The number of hydrogen-bond acceptors (Lipinski definition) is 4. The summed E-state index contributed by atoms with van der Waals surface area (Å²) in [7, 11) is 0. The molecule has 0 saturated carbocycles. The average Bonchev–Trinajstić information content (AvgIpc) is 2.22. The van der Waals surface area contributed by atoms with Crippen LogP contribution >= 0.6 is 12.2 Å².